The highest BCUT2D eigenvalue weighted by molar-refractivity contribution is 7.15. The third-order valence-electron chi connectivity index (χ3n) is 6.34. The molecule has 0 saturated heterocycles. The van der Waals surface area contributed by atoms with Gasteiger partial charge >= 0.3 is 0 Å². The molecule has 0 aliphatic rings. The van der Waals surface area contributed by atoms with Crippen molar-refractivity contribution in [1.82, 2.24) is 30.0 Å². The molecule has 9 nitrogen and oxygen atoms in total. The molecule has 0 saturated carbocycles. The first kappa shape index (κ1) is 25.4. The van der Waals surface area contributed by atoms with Crippen molar-refractivity contribution in [2.75, 3.05) is 11.9 Å². The summed E-state index contributed by atoms with van der Waals surface area (Å²) in [5.41, 5.74) is 5.77. The lowest BCUT2D eigenvalue weighted by Crippen LogP contribution is -2.33. The summed E-state index contributed by atoms with van der Waals surface area (Å²) >= 11 is 1.49. The lowest BCUT2D eigenvalue weighted by molar-refractivity contribution is -0.120. The monoisotopic (exact) mass is 547 g/mol. The van der Waals surface area contributed by atoms with Crippen molar-refractivity contribution in [2.45, 2.75) is 13.1 Å². The van der Waals surface area contributed by atoms with E-state index in [9.17, 15) is 9.59 Å². The van der Waals surface area contributed by atoms with Crippen LogP contribution in [0.25, 0.3) is 27.3 Å². The van der Waals surface area contributed by atoms with Crippen LogP contribution in [0.2, 0.25) is 0 Å². The Morgan fingerprint density at radius 2 is 1.62 bits per heavy atom. The maximum Gasteiger partial charge on any atom is 0.275 e. The van der Waals surface area contributed by atoms with Crippen molar-refractivity contribution in [3.05, 3.63) is 114 Å². The van der Waals surface area contributed by atoms with Gasteiger partial charge in [-0.15, -0.1) is 11.3 Å². The number of thiazole rings is 1. The van der Waals surface area contributed by atoms with Crippen LogP contribution in [0, 0.1) is 0 Å². The Morgan fingerprint density at radius 3 is 2.50 bits per heavy atom. The minimum atomic E-state index is -0.351. The molecule has 0 radical (unpaired) electrons. The predicted molar refractivity (Wildman–Crippen MR) is 156 cm³/mol. The lowest BCUT2D eigenvalue weighted by atomic mass is 10.1. The Morgan fingerprint density at radius 1 is 0.850 bits per heavy atom. The molecule has 0 aliphatic carbocycles. The van der Waals surface area contributed by atoms with Gasteiger partial charge in [0.1, 0.15) is 5.69 Å². The van der Waals surface area contributed by atoms with Gasteiger partial charge in [0.05, 0.1) is 47.4 Å². The highest BCUT2D eigenvalue weighted by Gasteiger charge is 2.16. The number of carbonyl (C=O) groups excluding carboxylic acids is 2. The summed E-state index contributed by atoms with van der Waals surface area (Å²) in [6.45, 7) is 1.23. The number of nitrogens with one attached hydrogen (secondary N) is 3. The number of para-hydroxylation sites is 3. The molecule has 3 N–H and O–H groups in total. The van der Waals surface area contributed by atoms with E-state index in [2.05, 4.69) is 25.9 Å². The Bertz CT molecular complexity index is 1810. The van der Waals surface area contributed by atoms with E-state index in [-0.39, 0.29) is 24.1 Å². The average Bonchev–Trinajstić information content (AvgIpc) is 3.58. The quantitative estimate of drug-likeness (QED) is 0.243. The Hall–Kier alpha value is -4.93. The van der Waals surface area contributed by atoms with Gasteiger partial charge in [-0.05, 0) is 23.8 Å². The van der Waals surface area contributed by atoms with Crippen LogP contribution in [-0.2, 0) is 17.9 Å². The van der Waals surface area contributed by atoms with E-state index in [1.165, 1.54) is 17.5 Å². The summed E-state index contributed by atoms with van der Waals surface area (Å²) < 4.78 is 1.96. The fourth-order valence-corrected chi connectivity index (χ4v) is 5.20. The maximum absolute atomic E-state index is 13.0. The molecule has 3 heterocycles. The molecule has 6 rings (SSSR count). The normalized spacial score (nSPS) is 11.1. The zero-order chi connectivity index (χ0) is 27.3. The second-order valence-electron chi connectivity index (χ2n) is 9.12. The summed E-state index contributed by atoms with van der Waals surface area (Å²) in [4.78, 5) is 39.8. The molecule has 0 bridgehead atoms. The maximum atomic E-state index is 13.0. The smallest absolute Gasteiger partial charge is 0.275 e. The van der Waals surface area contributed by atoms with E-state index in [1.54, 1.807) is 0 Å². The van der Waals surface area contributed by atoms with Gasteiger partial charge in [0, 0.05) is 23.7 Å². The van der Waals surface area contributed by atoms with Gasteiger partial charge in [-0.2, -0.15) is 0 Å². The molecule has 198 valence electrons. The second kappa shape index (κ2) is 11.4. The van der Waals surface area contributed by atoms with Crippen LogP contribution < -0.4 is 16.0 Å². The fourth-order valence-electron chi connectivity index (χ4n) is 4.32. The number of hydrogen-bond acceptors (Lipinski definition) is 7. The third-order valence-corrected chi connectivity index (χ3v) is 7.23. The van der Waals surface area contributed by atoms with E-state index >= 15 is 0 Å². The molecule has 3 aromatic heterocycles. The summed E-state index contributed by atoms with van der Waals surface area (Å²) in [6.07, 6.45) is 3.40. The first-order chi connectivity index (χ1) is 19.6. The zero-order valence-corrected chi connectivity index (χ0v) is 22.2. The Kier molecular flexibility index (Phi) is 7.25. The number of hydrogen-bond donors (Lipinski definition) is 3. The van der Waals surface area contributed by atoms with E-state index in [0.29, 0.717) is 30.0 Å². The molecule has 0 atom stereocenters. The number of amides is 2. The van der Waals surface area contributed by atoms with Crippen LogP contribution in [0.3, 0.4) is 0 Å². The number of carbonyl (C=O) groups is 2. The minimum absolute atomic E-state index is 0.0829. The van der Waals surface area contributed by atoms with Crippen molar-refractivity contribution in [2.24, 2.45) is 0 Å². The number of imidazole rings is 1. The third kappa shape index (κ3) is 5.58. The zero-order valence-electron chi connectivity index (χ0n) is 21.4. The highest BCUT2D eigenvalue weighted by Crippen LogP contribution is 2.30. The number of fused-ring (bicyclic) bond motifs is 2. The topological polar surface area (TPSA) is 113 Å². The van der Waals surface area contributed by atoms with Gasteiger partial charge in [0.25, 0.3) is 5.91 Å². The molecule has 0 unspecified atom stereocenters. The molecular weight excluding hydrogens is 522 g/mol. The van der Waals surface area contributed by atoms with E-state index in [4.69, 9.17) is 4.98 Å². The number of anilines is 1. The molecule has 40 heavy (non-hydrogen) atoms. The lowest BCUT2D eigenvalue weighted by Gasteiger charge is -2.09. The molecule has 0 fully saturated rings. The van der Waals surface area contributed by atoms with Crippen molar-refractivity contribution in [3.63, 3.8) is 0 Å². The molecule has 0 aliphatic heterocycles. The van der Waals surface area contributed by atoms with E-state index < -0.39 is 0 Å². The van der Waals surface area contributed by atoms with Crippen molar-refractivity contribution in [1.29, 1.82) is 0 Å². The molecule has 6 aromatic rings. The number of rotatable bonds is 9. The van der Waals surface area contributed by atoms with Gasteiger partial charge in [-0.25, -0.2) is 9.97 Å². The molecule has 0 spiro atoms. The summed E-state index contributed by atoms with van der Waals surface area (Å²) in [7, 11) is 0. The van der Waals surface area contributed by atoms with E-state index in [0.717, 1.165) is 27.3 Å². The average molecular weight is 548 g/mol. The summed E-state index contributed by atoms with van der Waals surface area (Å²) in [5.74, 6) is -0.434. The Labute approximate surface area is 233 Å². The summed E-state index contributed by atoms with van der Waals surface area (Å²) in [6, 6.07) is 24.9. The van der Waals surface area contributed by atoms with Crippen molar-refractivity contribution >= 4 is 44.8 Å². The van der Waals surface area contributed by atoms with Crippen molar-refractivity contribution in [3.8, 4) is 11.3 Å². The van der Waals surface area contributed by atoms with Gasteiger partial charge in [0.15, 0.2) is 4.96 Å². The second-order valence-corrected chi connectivity index (χ2v) is 9.95. The molecule has 3 aromatic carbocycles. The van der Waals surface area contributed by atoms with Crippen LogP contribution in [0.1, 0.15) is 21.7 Å². The van der Waals surface area contributed by atoms with Crippen LogP contribution >= 0.6 is 11.3 Å². The first-order valence-corrected chi connectivity index (χ1v) is 13.6. The molecular formula is C30H25N7O2S. The van der Waals surface area contributed by atoms with Gasteiger partial charge in [0.2, 0.25) is 5.91 Å². The van der Waals surface area contributed by atoms with Gasteiger partial charge < -0.3 is 16.0 Å². The highest BCUT2D eigenvalue weighted by atomic mass is 32.1. The van der Waals surface area contributed by atoms with Crippen molar-refractivity contribution < 1.29 is 9.59 Å². The van der Waals surface area contributed by atoms with Crippen LogP contribution in [-0.4, -0.2) is 37.7 Å². The van der Waals surface area contributed by atoms with Crippen LogP contribution in [0.4, 0.5) is 5.69 Å². The molecule has 2 amide bonds. The largest absolute Gasteiger partial charge is 0.349 e. The van der Waals surface area contributed by atoms with Gasteiger partial charge in [-0.1, -0.05) is 60.7 Å². The summed E-state index contributed by atoms with van der Waals surface area (Å²) in [5, 5.41) is 11.1. The van der Waals surface area contributed by atoms with Crippen LogP contribution in [0.5, 0.6) is 0 Å². The number of aromatic nitrogens is 4. The fraction of sp³-hybridized carbons (Fsp3) is 0.100. The van der Waals surface area contributed by atoms with Crippen LogP contribution in [0.15, 0.2) is 96.6 Å². The standard InChI is InChI=1S/C30H25N7O2S/c38-28(17-31-14-20-8-2-1-3-9-20)33-15-21-19-40-30-36-27(18-37(21)30)22-10-4-5-11-23(22)35-29(39)26-16-32-24-12-6-7-13-25(24)34-26/h1-13,16,18-19,31H,14-15,17H2,(H,33,38)(H,35,39). The molecule has 10 heteroatoms. The minimum Gasteiger partial charge on any atom is -0.349 e. The van der Waals surface area contributed by atoms with Gasteiger partial charge in [-0.3, -0.25) is 19.0 Å². The SMILES string of the molecule is O=C(CNCc1ccccc1)NCc1csc2nc(-c3ccccc3NC(=O)c3cnc4ccccc4n3)cn12. The first-order valence-electron chi connectivity index (χ1n) is 12.7. The number of benzene rings is 3. The predicted octanol–water partition coefficient (Wildman–Crippen LogP) is 4.66. The number of nitrogens with zero attached hydrogens (tertiary/aromatic N) is 4. The Balaban J connectivity index is 1.13. The van der Waals surface area contributed by atoms with E-state index in [1.807, 2.05) is 94.8 Å².